The van der Waals surface area contributed by atoms with Crippen LogP contribution in [0.2, 0.25) is 0 Å². The Morgan fingerprint density at radius 3 is 2.54 bits per heavy atom. The number of benzene rings is 2. The first-order valence-electron chi connectivity index (χ1n) is 8.20. The number of carbonyl (C=O) groups is 1. The van der Waals surface area contributed by atoms with Crippen LogP contribution in [0.5, 0.6) is 11.5 Å². The van der Waals surface area contributed by atoms with Crippen LogP contribution in [-0.2, 0) is 6.42 Å². The molecule has 3 rings (SSSR count). The van der Waals surface area contributed by atoms with Crippen LogP contribution in [0.25, 0.3) is 0 Å². The molecule has 1 unspecified atom stereocenters. The summed E-state index contributed by atoms with van der Waals surface area (Å²) in [6.07, 6.45) is 0.506. The van der Waals surface area contributed by atoms with Crippen LogP contribution < -0.4 is 9.47 Å². The van der Waals surface area contributed by atoms with Crippen LogP contribution in [-0.4, -0.2) is 30.2 Å². The van der Waals surface area contributed by atoms with Gasteiger partial charge in [0, 0.05) is 17.5 Å². The fraction of sp³-hybridized carbons (Fsp3) is 0.350. The second-order valence-electron chi connectivity index (χ2n) is 6.25. The van der Waals surface area contributed by atoms with Gasteiger partial charge in [-0.1, -0.05) is 29.8 Å². The Kier molecular flexibility index (Phi) is 4.86. The molecule has 4 heteroatoms. The average Bonchev–Trinajstić information content (AvgIpc) is 2.94. The summed E-state index contributed by atoms with van der Waals surface area (Å²) >= 11 is 0. The standard InChI is InChI=1S/C20H22O4/c1-13-6-9-19(14(2)10-13)23-11-15(21)12-24-20-5-3-4-16-17(20)7-8-18(16)22/h3-6,9-10,15,21H,7-8,11-12H2,1-2H3. The SMILES string of the molecule is Cc1ccc(OCC(O)COc2cccc3c2CCC3=O)c(C)c1. The number of hydrogen-bond donors (Lipinski definition) is 1. The molecular formula is C20H22O4. The van der Waals surface area contributed by atoms with Gasteiger partial charge in [-0.3, -0.25) is 4.79 Å². The van der Waals surface area contributed by atoms with Crippen molar-refractivity contribution in [3.8, 4) is 11.5 Å². The lowest BCUT2D eigenvalue weighted by molar-refractivity contribution is 0.0621. The fourth-order valence-electron chi connectivity index (χ4n) is 2.97. The molecule has 0 spiro atoms. The first-order chi connectivity index (χ1) is 11.5. The molecule has 0 aliphatic heterocycles. The van der Waals surface area contributed by atoms with Gasteiger partial charge in [-0.05, 0) is 38.0 Å². The Labute approximate surface area is 142 Å². The average molecular weight is 326 g/mol. The zero-order valence-corrected chi connectivity index (χ0v) is 14.0. The number of fused-ring (bicyclic) bond motifs is 1. The lowest BCUT2D eigenvalue weighted by atomic mass is 10.1. The van der Waals surface area contributed by atoms with E-state index in [2.05, 4.69) is 0 Å². The number of carbonyl (C=O) groups excluding carboxylic acids is 1. The predicted octanol–water partition coefficient (Wildman–Crippen LogP) is 3.25. The van der Waals surface area contributed by atoms with Crippen LogP contribution in [0.1, 0.15) is 33.5 Å². The summed E-state index contributed by atoms with van der Waals surface area (Å²) < 4.78 is 11.4. The van der Waals surface area contributed by atoms with Crippen LogP contribution in [0, 0.1) is 13.8 Å². The zero-order chi connectivity index (χ0) is 17.1. The third kappa shape index (κ3) is 3.60. The normalized spacial score (nSPS) is 14.4. The Morgan fingerprint density at radius 1 is 1.04 bits per heavy atom. The molecule has 2 aromatic rings. The highest BCUT2D eigenvalue weighted by atomic mass is 16.5. The van der Waals surface area contributed by atoms with E-state index in [1.807, 2.05) is 50.2 Å². The highest BCUT2D eigenvalue weighted by Gasteiger charge is 2.22. The van der Waals surface area contributed by atoms with Crippen molar-refractivity contribution in [2.24, 2.45) is 0 Å². The summed E-state index contributed by atoms with van der Waals surface area (Å²) in [5.41, 5.74) is 3.91. The number of aliphatic hydroxyl groups is 1. The van der Waals surface area contributed by atoms with Crippen molar-refractivity contribution in [1.82, 2.24) is 0 Å². The first-order valence-corrected chi connectivity index (χ1v) is 8.20. The Balaban J connectivity index is 1.55. The molecule has 0 fully saturated rings. The van der Waals surface area contributed by atoms with Gasteiger partial charge in [0.05, 0.1) is 0 Å². The van der Waals surface area contributed by atoms with Gasteiger partial charge in [-0.15, -0.1) is 0 Å². The summed E-state index contributed by atoms with van der Waals surface area (Å²) in [5.74, 6) is 1.61. The molecule has 0 bridgehead atoms. The molecule has 4 nitrogen and oxygen atoms in total. The van der Waals surface area contributed by atoms with E-state index < -0.39 is 6.10 Å². The van der Waals surface area contributed by atoms with Crippen LogP contribution in [0.4, 0.5) is 0 Å². The maximum absolute atomic E-state index is 11.7. The minimum absolute atomic E-state index is 0.134. The molecule has 0 aromatic heterocycles. The minimum Gasteiger partial charge on any atom is -0.490 e. The highest BCUT2D eigenvalue weighted by Crippen LogP contribution is 2.30. The minimum atomic E-state index is -0.737. The molecule has 1 aliphatic carbocycles. The fourth-order valence-corrected chi connectivity index (χ4v) is 2.97. The number of ketones is 1. The molecule has 126 valence electrons. The van der Waals surface area contributed by atoms with E-state index >= 15 is 0 Å². The maximum Gasteiger partial charge on any atom is 0.163 e. The number of aryl methyl sites for hydroxylation is 2. The van der Waals surface area contributed by atoms with Gasteiger partial charge in [-0.2, -0.15) is 0 Å². The second-order valence-corrected chi connectivity index (χ2v) is 6.25. The number of aliphatic hydroxyl groups excluding tert-OH is 1. The van der Waals surface area contributed by atoms with Crippen LogP contribution in [0.15, 0.2) is 36.4 Å². The summed E-state index contributed by atoms with van der Waals surface area (Å²) in [6, 6.07) is 11.4. The number of ether oxygens (including phenoxy) is 2. The van der Waals surface area contributed by atoms with Crippen LogP contribution in [0.3, 0.4) is 0 Å². The number of hydrogen-bond acceptors (Lipinski definition) is 4. The van der Waals surface area contributed by atoms with Gasteiger partial charge in [0.1, 0.15) is 30.8 Å². The van der Waals surface area contributed by atoms with Gasteiger partial charge < -0.3 is 14.6 Å². The largest absolute Gasteiger partial charge is 0.490 e. The van der Waals surface area contributed by atoms with E-state index in [1.165, 1.54) is 5.56 Å². The van der Waals surface area contributed by atoms with Gasteiger partial charge in [0.25, 0.3) is 0 Å². The summed E-state index contributed by atoms with van der Waals surface area (Å²) in [5, 5.41) is 10.1. The second kappa shape index (κ2) is 7.05. The zero-order valence-electron chi connectivity index (χ0n) is 14.0. The van der Waals surface area contributed by atoms with E-state index in [0.29, 0.717) is 18.6 Å². The van der Waals surface area contributed by atoms with E-state index in [1.54, 1.807) is 0 Å². The quantitative estimate of drug-likeness (QED) is 0.885. The van der Waals surface area contributed by atoms with Crippen molar-refractivity contribution >= 4 is 5.78 Å². The maximum atomic E-state index is 11.7. The monoisotopic (exact) mass is 326 g/mol. The molecule has 1 N–H and O–H groups in total. The Bertz CT molecular complexity index is 751. The molecule has 0 saturated heterocycles. The van der Waals surface area contributed by atoms with Crippen molar-refractivity contribution in [3.05, 3.63) is 58.7 Å². The van der Waals surface area contributed by atoms with Crippen molar-refractivity contribution in [3.63, 3.8) is 0 Å². The topological polar surface area (TPSA) is 55.8 Å². The van der Waals surface area contributed by atoms with Gasteiger partial charge in [-0.25, -0.2) is 0 Å². The number of Topliss-reactive ketones (excluding diaryl/α,β-unsaturated/α-hetero) is 1. The Morgan fingerprint density at radius 2 is 1.79 bits per heavy atom. The lowest BCUT2D eigenvalue weighted by Gasteiger charge is -2.16. The third-order valence-corrected chi connectivity index (χ3v) is 4.23. The van der Waals surface area contributed by atoms with Crippen molar-refractivity contribution in [2.75, 3.05) is 13.2 Å². The lowest BCUT2D eigenvalue weighted by Crippen LogP contribution is -2.25. The highest BCUT2D eigenvalue weighted by molar-refractivity contribution is 6.01. The summed E-state index contributed by atoms with van der Waals surface area (Å²) in [4.78, 5) is 11.7. The molecule has 2 aromatic carbocycles. The van der Waals surface area contributed by atoms with Crippen molar-refractivity contribution in [1.29, 1.82) is 0 Å². The number of rotatable bonds is 6. The molecule has 0 amide bonds. The summed E-state index contributed by atoms with van der Waals surface area (Å²) in [7, 11) is 0. The molecule has 0 saturated carbocycles. The van der Waals surface area contributed by atoms with Gasteiger partial charge in [0.15, 0.2) is 5.78 Å². The van der Waals surface area contributed by atoms with Crippen molar-refractivity contribution in [2.45, 2.75) is 32.8 Å². The van der Waals surface area contributed by atoms with Gasteiger partial charge in [0.2, 0.25) is 0 Å². The molecule has 1 aliphatic rings. The van der Waals surface area contributed by atoms with E-state index in [-0.39, 0.29) is 19.0 Å². The van der Waals surface area contributed by atoms with E-state index in [4.69, 9.17) is 9.47 Å². The Hall–Kier alpha value is -2.33. The molecule has 1 atom stereocenters. The molecular weight excluding hydrogens is 304 g/mol. The molecule has 24 heavy (non-hydrogen) atoms. The third-order valence-electron chi connectivity index (χ3n) is 4.23. The van der Waals surface area contributed by atoms with Crippen molar-refractivity contribution < 1.29 is 19.4 Å². The molecule has 0 radical (unpaired) electrons. The van der Waals surface area contributed by atoms with E-state index in [9.17, 15) is 9.90 Å². The van der Waals surface area contributed by atoms with E-state index in [0.717, 1.165) is 22.4 Å². The molecule has 0 heterocycles. The summed E-state index contributed by atoms with van der Waals surface area (Å²) in [6.45, 7) is 4.31. The van der Waals surface area contributed by atoms with Gasteiger partial charge >= 0.3 is 0 Å². The van der Waals surface area contributed by atoms with Crippen LogP contribution >= 0.6 is 0 Å². The first kappa shape index (κ1) is 16.5. The smallest absolute Gasteiger partial charge is 0.163 e. The predicted molar refractivity (Wildman–Crippen MR) is 92.0 cm³/mol.